The Morgan fingerprint density at radius 3 is 2.25 bits per heavy atom. The van der Waals surface area contributed by atoms with E-state index in [4.69, 9.17) is 23.2 Å². The van der Waals surface area contributed by atoms with Crippen LogP contribution in [0.3, 0.4) is 0 Å². The van der Waals surface area contributed by atoms with Crippen LogP contribution in [0.2, 0.25) is 10.0 Å². The molecule has 1 unspecified atom stereocenters. The molecule has 1 N–H and O–H groups in total. The molecule has 0 radical (unpaired) electrons. The number of benzene rings is 3. The predicted molar refractivity (Wildman–Crippen MR) is 161 cm³/mol. The van der Waals surface area contributed by atoms with Gasteiger partial charge in [0.25, 0.3) is 10.0 Å². The van der Waals surface area contributed by atoms with Crippen molar-refractivity contribution in [2.75, 3.05) is 23.9 Å². The van der Waals surface area contributed by atoms with Gasteiger partial charge in [-0.1, -0.05) is 84.6 Å². The molecular formula is C30H35Cl2N3O4S. The summed E-state index contributed by atoms with van der Waals surface area (Å²) in [6.07, 6.45) is 2.23. The van der Waals surface area contributed by atoms with Crippen molar-refractivity contribution in [3.05, 3.63) is 94.0 Å². The molecule has 2 amide bonds. The van der Waals surface area contributed by atoms with Crippen molar-refractivity contribution >= 4 is 50.7 Å². The quantitative estimate of drug-likeness (QED) is 0.247. The molecule has 3 aromatic rings. The smallest absolute Gasteiger partial charge is 0.264 e. The number of carbonyl (C=O) groups excluding carboxylic acids is 2. The maximum Gasteiger partial charge on any atom is 0.264 e. The number of hydrogen-bond donors (Lipinski definition) is 1. The largest absolute Gasteiger partial charge is 0.354 e. The molecule has 1 atom stereocenters. The highest BCUT2D eigenvalue weighted by Gasteiger charge is 2.32. The predicted octanol–water partition coefficient (Wildman–Crippen LogP) is 5.87. The van der Waals surface area contributed by atoms with E-state index in [0.717, 1.165) is 28.3 Å². The average molecular weight is 605 g/mol. The van der Waals surface area contributed by atoms with Gasteiger partial charge in [0, 0.05) is 13.1 Å². The second kappa shape index (κ2) is 14.5. The van der Waals surface area contributed by atoms with Crippen molar-refractivity contribution in [3.8, 4) is 0 Å². The standard InChI is InChI=1S/C30H35Cl2N3O4S/c1-4-5-18-33-30(37)23(3)34(19-17-24-9-7-6-8-10-24)29(36)21-35(25-13-16-27(31)28(32)20-25)40(38,39)26-14-11-22(2)12-15-26/h6-16,20,23H,4-5,17-19,21H2,1-3H3,(H,33,37). The van der Waals surface area contributed by atoms with Gasteiger partial charge in [-0.15, -0.1) is 0 Å². The molecule has 214 valence electrons. The summed E-state index contributed by atoms with van der Waals surface area (Å²) in [6.45, 7) is 5.73. The first kappa shape index (κ1) is 31.5. The van der Waals surface area contributed by atoms with Crippen LogP contribution < -0.4 is 9.62 Å². The molecule has 3 aromatic carbocycles. The van der Waals surface area contributed by atoms with Gasteiger partial charge in [-0.2, -0.15) is 0 Å². The summed E-state index contributed by atoms with van der Waals surface area (Å²) in [5, 5.41) is 3.29. The summed E-state index contributed by atoms with van der Waals surface area (Å²) in [7, 11) is -4.18. The number of unbranched alkanes of at least 4 members (excludes halogenated alkanes) is 1. The topological polar surface area (TPSA) is 86.8 Å². The van der Waals surface area contributed by atoms with Crippen LogP contribution in [0.5, 0.6) is 0 Å². The van der Waals surface area contributed by atoms with Crippen LogP contribution in [-0.2, 0) is 26.0 Å². The lowest BCUT2D eigenvalue weighted by molar-refractivity contribution is -0.138. The Morgan fingerprint density at radius 2 is 1.62 bits per heavy atom. The maximum atomic E-state index is 13.9. The molecule has 0 saturated heterocycles. The fraction of sp³-hybridized carbons (Fsp3) is 0.333. The van der Waals surface area contributed by atoms with E-state index in [0.29, 0.717) is 13.0 Å². The summed E-state index contributed by atoms with van der Waals surface area (Å²) in [4.78, 5) is 28.3. The maximum absolute atomic E-state index is 13.9. The van der Waals surface area contributed by atoms with Gasteiger partial charge < -0.3 is 10.2 Å². The number of amides is 2. The first-order chi connectivity index (χ1) is 19.0. The number of carbonyl (C=O) groups is 2. The van der Waals surface area contributed by atoms with E-state index in [9.17, 15) is 18.0 Å². The van der Waals surface area contributed by atoms with Crippen molar-refractivity contribution in [2.45, 2.75) is 51.0 Å². The Hall–Kier alpha value is -3.07. The van der Waals surface area contributed by atoms with Crippen LogP contribution in [0.25, 0.3) is 0 Å². The lowest BCUT2D eigenvalue weighted by Crippen LogP contribution is -2.52. The third-order valence-electron chi connectivity index (χ3n) is 6.56. The van der Waals surface area contributed by atoms with Crippen molar-refractivity contribution in [1.29, 1.82) is 0 Å². The number of nitrogens with one attached hydrogen (secondary N) is 1. The molecule has 0 aliphatic heterocycles. The number of halogens is 2. The van der Waals surface area contributed by atoms with Crippen molar-refractivity contribution in [3.63, 3.8) is 0 Å². The Morgan fingerprint density at radius 1 is 0.950 bits per heavy atom. The van der Waals surface area contributed by atoms with Gasteiger partial charge in [0.15, 0.2) is 0 Å². The molecule has 3 rings (SSSR count). The molecule has 0 aromatic heterocycles. The number of nitrogens with zero attached hydrogens (tertiary/aromatic N) is 2. The summed E-state index contributed by atoms with van der Waals surface area (Å²) in [5.74, 6) is -0.812. The molecule has 0 bridgehead atoms. The van der Waals surface area contributed by atoms with Crippen molar-refractivity contribution in [2.24, 2.45) is 0 Å². The highest BCUT2D eigenvalue weighted by molar-refractivity contribution is 7.92. The Bertz CT molecular complexity index is 1400. The highest BCUT2D eigenvalue weighted by atomic mass is 35.5. The van der Waals surface area contributed by atoms with E-state index in [-0.39, 0.29) is 33.1 Å². The normalized spacial score (nSPS) is 12.0. The second-order valence-corrected chi connectivity index (χ2v) is 12.2. The molecule has 7 nitrogen and oxygen atoms in total. The lowest BCUT2D eigenvalue weighted by atomic mass is 10.1. The molecule has 0 saturated carbocycles. The Labute approximate surface area is 247 Å². The number of anilines is 1. The average Bonchev–Trinajstić information content (AvgIpc) is 2.94. The van der Waals surface area contributed by atoms with E-state index in [2.05, 4.69) is 5.32 Å². The fourth-order valence-corrected chi connectivity index (χ4v) is 5.81. The number of rotatable bonds is 13. The van der Waals surface area contributed by atoms with Gasteiger partial charge in [0.2, 0.25) is 11.8 Å². The van der Waals surface area contributed by atoms with Crippen molar-refractivity contribution in [1.82, 2.24) is 10.2 Å². The van der Waals surface area contributed by atoms with E-state index < -0.39 is 28.5 Å². The zero-order valence-electron chi connectivity index (χ0n) is 22.9. The van der Waals surface area contributed by atoms with E-state index in [1.54, 1.807) is 19.1 Å². The van der Waals surface area contributed by atoms with E-state index in [1.807, 2.05) is 44.2 Å². The number of aryl methyl sites for hydroxylation is 1. The first-order valence-corrected chi connectivity index (χ1v) is 15.4. The zero-order valence-corrected chi connectivity index (χ0v) is 25.3. The molecule has 40 heavy (non-hydrogen) atoms. The minimum absolute atomic E-state index is 0.0261. The summed E-state index contributed by atoms with van der Waals surface area (Å²) in [6, 6.07) is 19.6. The molecule has 10 heteroatoms. The third kappa shape index (κ3) is 8.22. The highest BCUT2D eigenvalue weighted by Crippen LogP contribution is 2.31. The van der Waals surface area contributed by atoms with Gasteiger partial charge in [-0.3, -0.25) is 13.9 Å². The first-order valence-electron chi connectivity index (χ1n) is 13.2. The van der Waals surface area contributed by atoms with Crippen LogP contribution in [0.15, 0.2) is 77.7 Å². The van der Waals surface area contributed by atoms with E-state index >= 15 is 0 Å². The van der Waals surface area contributed by atoms with Gasteiger partial charge in [-0.05, 0) is 62.6 Å². The molecule has 0 heterocycles. The van der Waals surface area contributed by atoms with E-state index in [1.165, 1.54) is 35.2 Å². The van der Waals surface area contributed by atoms with Crippen LogP contribution in [0.4, 0.5) is 5.69 Å². The SMILES string of the molecule is CCCCNC(=O)C(C)N(CCc1ccccc1)C(=O)CN(c1ccc(Cl)c(Cl)c1)S(=O)(=O)c1ccc(C)cc1. The second-order valence-electron chi connectivity index (χ2n) is 9.57. The zero-order chi connectivity index (χ0) is 29.3. The molecule has 0 aliphatic carbocycles. The van der Waals surface area contributed by atoms with Crippen molar-refractivity contribution < 1.29 is 18.0 Å². The minimum Gasteiger partial charge on any atom is -0.354 e. The summed E-state index contributed by atoms with van der Waals surface area (Å²) < 4.78 is 28.7. The molecule has 0 fully saturated rings. The molecular weight excluding hydrogens is 569 g/mol. The number of sulfonamides is 1. The number of hydrogen-bond acceptors (Lipinski definition) is 4. The van der Waals surface area contributed by atoms with Crippen LogP contribution >= 0.6 is 23.2 Å². The summed E-state index contributed by atoms with van der Waals surface area (Å²) in [5.41, 5.74) is 2.07. The van der Waals surface area contributed by atoms with Crippen LogP contribution in [0, 0.1) is 6.92 Å². The van der Waals surface area contributed by atoms with Crippen LogP contribution in [-0.4, -0.2) is 50.8 Å². The van der Waals surface area contributed by atoms with Gasteiger partial charge in [0.05, 0.1) is 20.6 Å². The van der Waals surface area contributed by atoms with Gasteiger partial charge in [0.1, 0.15) is 12.6 Å². The fourth-order valence-electron chi connectivity index (χ4n) is 4.11. The molecule has 0 aliphatic rings. The third-order valence-corrected chi connectivity index (χ3v) is 9.09. The minimum atomic E-state index is -4.18. The van der Waals surface area contributed by atoms with Gasteiger partial charge >= 0.3 is 0 Å². The van der Waals surface area contributed by atoms with Gasteiger partial charge in [-0.25, -0.2) is 8.42 Å². The monoisotopic (exact) mass is 603 g/mol. The Kier molecular flexibility index (Phi) is 11.4. The lowest BCUT2D eigenvalue weighted by Gasteiger charge is -2.32. The van der Waals surface area contributed by atoms with Crippen LogP contribution in [0.1, 0.15) is 37.8 Å². The summed E-state index contributed by atoms with van der Waals surface area (Å²) >= 11 is 12.3. The Balaban J connectivity index is 1.97. The molecule has 0 spiro atoms.